The SMILES string of the molecule is Cc1ccc2sc(C(=O)N3CCN(c4ncnc5[nH]ccc45)CC34CC4)cc2c1.N#CCCCC(=O)N1CCN(c2ncnc3[nH]ccc23)CC12CC2. The average molecular weight is 728 g/mol. The Balaban J connectivity index is 0.000000143. The first-order valence-electron chi connectivity index (χ1n) is 18.4. The first-order chi connectivity index (χ1) is 25.9. The molecule has 2 saturated carbocycles. The van der Waals surface area contributed by atoms with E-state index in [0.29, 0.717) is 19.3 Å². The third-order valence-electron chi connectivity index (χ3n) is 11.3. The molecule has 4 aliphatic rings. The molecule has 2 spiro atoms. The normalized spacial score (nSPS) is 18.4. The Bertz CT molecular complexity index is 2380. The topological polar surface area (TPSA) is 154 Å². The van der Waals surface area contributed by atoms with E-state index in [1.807, 2.05) is 24.5 Å². The minimum Gasteiger partial charge on any atom is -0.352 e. The lowest BCUT2D eigenvalue weighted by Gasteiger charge is -2.43. The van der Waals surface area contributed by atoms with Crippen LogP contribution in [0.2, 0.25) is 0 Å². The molecule has 1 aromatic carbocycles. The number of unbranched alkanes of at least 4 members (excludes halogenated alkanes) is 1. The fraction of sp³-hybridized carbons (Fsp3) is 0.410. The number of H-pyrrole nitrogens is 2. The smallest absolute Gasteiger partial charge is 0.264 e. The number of anilines is 2. The third kappa shape index (κ3) is 6.12. The predicted molar refractivity (Wildman–Crippen MR) is 205 cm³/mol. The summed E-state index contributed by atoms with van der Waals surface area (Å²) in [5.74, 6) is 2.28. The molecule has 2 N–H and O–H groups in total. The molecule has 0 radical (unpaired) electrons. The van der Waals surface area contributed by atoms with E-state index in [2.05, 4.69) is 86.8 Å². The van der Waals surface area contributed by atoms with Crippen LogP contribution in [-0.2, 0) is 4.79 Å². The van der Waals surface area contributed by atoms with E-state index >= 15 is 0 Å². The number of carbonyl (C=O) groups excluding carboxylic acids is 2. The maximum atomic E-state index is 13.4. The summed E-state index contributed by atoms with van der Waals surface area (Å²) in [6, 6.07) is 14.6. The van der Waals surface area contributed by atoms with Crippen LogP contribution in [0.4, 0.5) is 11.6 Å². The van der Waals surface area contributed by atoms with Gasteiger partial charge in [0.2, 0.25) is 5.91 Å². The van der Waals surface area contributed by atoms with Gasteiger partial charge in [0.25, 0.3) is 5.91 Å². The molecular formula is C39H41N11O2S. The second kappa shape index (κ2) is 13.1. The number of piperazine rings is 2. The maximum Gasteiger partial charge on any atom is 0.264 e. The summed E-state index contributed by atoms with van der Waals surface area (Å²) < 4.78 is 1.18. The number of hydrogen-bond donors (Lipinski definition) is 2. The van der Waals surface area contributed by atoms with Crippen LogP contribution in [0.25, 0.3) is 32.2 Å². The second-order valence-corrected chi connectivity index (χ2v) is 15.9. The number of aromatic nitrogens is 6. The van der Waals surface area contributed by atoms with Crippen LogP contribution in [0.3, 0.4) is 0 Å². The van der Waals surface area contributed by atoms with Crippen molar-refractivity contribution in [2.24, 2.45) is 0 Å². The third-order valence-corrected chi connectivity index (χ3v) is 12.4. The van der Waals surface area contributed by atoms with Crippen molar-refractivity contribution in [1.29, 1.82) is 5.26 Å². The first-order valence-corrected chi connectivity index (χ1v) is 19.2. The number of nitrogens with one attached hydrogen (secondary N) is 2. The maximum absolute atomic E-state index is 13.4. The molecule has 6 aromatic rings. The molecule has 2 saturated heterocycles. The highest BCUT2D eigenvalue weighted by Gasteiger charge is 2.54. The van der Waals surface area contributed by atoms with Gasteiger partial charge in [0, 0.05) is 69.2 Å². The van der Waals surface area contributed by atoms with E-state index < -0.39 is 0 Å². The molecule has 10 rings (SSSR count). The summed E-state index contributed by atoms with van der Waals surface area (Å²) in [4.78, 5) is 59.4. The number of benzene rings is 1. The van der Waals surface area contributed by atoms with Gasteiger partial charge >= 0.3 is 0 Å². The molecule has 0 bridgehead atoms. The lowest BCUT2D eigenvalue weighted by atomic mass is 10.1. The number of thiophene rings is 1. The van der Waals surface area contributed by atoms with Crippen molar-refractivity contribution in [2.45, 2.75) is 62.9 Å². The number of nitriles is 1. The fourth-order valence-electron chi connectivity index (χ4n) is 8.24. The van der Waals surface area contributed by atoms with Crippen LogP contribution >= 0.6 is 11.3 Å². The Morgan fingerprint density at radius 1 is 0.811 bits per heavy atom. The number of nitrogens with zero attached hydrogens (tertiary/aromatic N) is 9. The molecule has 2 amide bonds. The van der Waals surface area contributed by atoms with Crippen molar-refractivity contribution < 1.29 is 9.59 Å². The molecule has 7 heterocycles. The minimum absolute atomic E-state index is 0.0322. The highest BCUT2D eigenvalue weighted by molar-refractivity contribution is 7.20. The molecule has 14 heteroatoms. The lowest BCUT2D eigenvalue weighted by molar-refractivity contribution is -0.135. The second-order valence-electron chi connectivity index (χ2n) is 14.8. The van der Waals surface area contributed by atoms with Gasteiger partial charge in [0.15, 0.2) is 0 Å². The van der Waals surface area contributed by atoms with E-state index in [4.69, 9.17) is 5.26 Å². The van der Waals surface area contributed by atoms with E-state index in [0.717, 1.165) is 109 Å². The Morgan fingerprint density at radius 2 is 1.42 bits per heavy atom. The zero-order chi connectivity index (χ0) is 36.2. The van der Waals surface area contributed by atoms with Crippen LogP contribution in [-0.4, -0.2) is 102 Å². The summed E-state index contributed by atoms with van der Waals surface area (Å²) in [5, 5.41) is 11.9. The van der Waals surface area contributed by atoms with Crippen LogP contribution in [0.15, 0.2) is 61.4 Å². The van der Waals surface area contributed by atoms with Gasteiger partial charge in [0.05, 0.1) is 32.8 Å². The van der Waals surface area contributed by atoms with Crippen LogP contribution < -0.4 is 9.80 Å². The quantitative estimate of drug-likeness (QED) is 0.203. The number of hydrogen-bond acceptors (Lipinski definition) is 10. The fourth-order valence-corrected chi connectivity index (χ4v) is 9.24. The van der Waals surface area contributed by atoms with Crippen LogP contribution in [0, 0.1) is 18.3 Å². The zero-order valence-electron chi connectivity index (χ0n) is 29.7. The van der Waals surface area contributed by atoms with Gasteiger partial charge in [-0.2, -0.15) is 5.26 Å². The zero-order valence-corrected chi connectivity index (χ0v) is 30.5. The Morgan fingerprint density at radius 3 is 2.02 bits per heavy atom. The molecule has 0 atom stereocenters. The summed E-state index contributed by atoms with van der Waals surface area (Å²) in [6.45, 7) is 6.76. The van der Waals surface area contributed by atoms with Crippen molar-refractivity contribution in [3.8, 4) is 6.07 Å². The van der Waals surface area contributed by atoms with Gasteiger partial charge in [0.1, 0.15) is 35.6 Å². The van der Waals surface area contributed by atoms with Crippen molar-refractivity contribution in [2.75, 3.05) is 49.1 Å². The van der Waals surface area contributed by atoms with Gasteiger partial charge in [-0.1, -0.05) is 17.7 Å². The Labute approximate surface area is 310 Å². The van der Waals surface area contributed by atoms with Crippen molar-refractivity contribution in [1.82, 2.24) is 39.7 Å². The standard InChI is InChI=1S/C22H21N5OS.C17H20N6O/c1-14-2-3-17-15(10-14)11-18(29-17)21(28)27-9-8-26(12-22(27)5-6-22)20-16-4-7-23-19(16)24-13-25-20;18-7-2-1-3-14(24)23-10-9-22(11-17(23)5-6-17)16-13-4-8-19-15(13)20-12-21-16/h2-4,7,10-11,13H,5-6,8-9,12H2,1H3,(H,23,24,25);4,8,12H,1-3,5-6,9-11H2,(H,19,20,21). The number of amides is 2. The number of carbonyl (C=O) groups is 2. The number of aryl methyl sites for hydroxylation is 1. The molecular weight excluding hydrogens is 687 g/mol. The van der Waals surface area contributed by atoms with E-state index in [1.54, 1.807) is 24.0 Å². The van der Waals surface area contributed by atoms with E-state index in [-0.39, 0.29) is 22.9 Å². The van der Waals surface area contributed by atoms with Gasteiger partial charge in [-0.15, -0.1) is 11.3 Å². The minimum atomic E-state index is -0.0605. The number of fused-ring (bicyclic) bond motifs is 3. The molecule has 13 nitrogen and oxygen atoms in total. The number of aromatic amines is 2. The van der Waals surface area contributed by atoms with Gasteiger partial charge in [-0.25, -0.2) is 19.9 Å². The Hall–Kier alpha value is -5.55. The van der Waals surface area contributed by atoms with Gasteiger partial charge in [-0.05, 0) is 68.7 Å². The molecule has 2 aliphatic heterocycles. The highest BCUT2D eigenvalue weighted by Crippen LogP contribution is 2.47. The lowest BCUT2D eigenvalue weighted by Crippen LogP contribution is -2.57. The van der Waals surface area contributed by atoms with Crippen molar-refractivity contribution >= 4 is 66.9 Å². The van der Waals surface area contributed by atoms with Crippen molar-refractivity contribution in [3.05, 3.63) is 71.9 Å². The number of rotatable bonds is 6. The summed E-state index contributed by atoms with van der Waals surface area (Å²) in [7, 11) is 0. The first kappa shape index (κ1) is 33.3. The van der Waals surface area contributed by atoms with E-state index in [1.165, 1.54) is 10.3 Å². The molecule has 5 aromatic heterocycles. The van der Waals surface area contributed by atoms with Crippen molar-refractivity contribution in [3.63, 3.8) is 0 Å². The predicted octanol–water partition coefficient (Wildman–Crippen LogP) is 5.81. The molecule has 4 fully saturated rings. The Kier molecular flexibility index (Phi) is 8.26. The van der Waals surface area contributed by atoms with Gasteiger partial charge in [-0.3, -0.25) is 9.59 Å². The molecule has 0 unspecified atom stereocenters. The molecule has 53 heavy (non-hydrogen) atoms. The van der Waals surface area contributed by atoms with Gasteiger partial charge < -0.3 is 29.6 Å². The molecule has 270 valence electrons. The summed E-state index contributed by atoms with van der Waals surface area (Å²) in [5.41, 5.74) is 2.84. The monoisotopic (exact) mass is 727 g/mol. The van der Waals surface area contributed by atoms with Crippen LogP contribution in [0.5, 0.6) is 0 Å². The average Bonchev–Trinajstić information content (AvgIpc) is 3.85. The van der Waals surface area contributed by atoms with Crippen LogP contribution in [0.1, 0.15) is 60.2 Å². The largest absolute Gasteiger partial charge is 0.352 e. The highest BCUT2D eigenvalue weighted by atomic mass is 32.1. The summed E-state index contributed by atoms with van der Waals surface area (Å²) in [6.07, 6.45) is 12.8. The molecule has 2 aliphatic carbocycles. The summed E-state index contributed by atoms with van der Waals surface area (Å²) >= 11 is 1.61. The van der Waals surface area contributed by atoms with E-state index in [9.17, 15) is 9.59 Å².